The molecular formula is C82H54N4O8. The number of ether oxygens (including phenoxy) is 4. The van der Waals surface area contributed by atoms with E-state index in [9.17, 15) is 19.2 Å². The van der Waals surface area contributed by atoms with Crippen LogP contribution < -0.4 is 18.9 Å². The Kier molecular flexibility index (Phi) is 16.4. The molecule has 12 nitrogen and oxygen atoms in total. The lowest BCUT2D eigenvalue weighted by molar-refractivity contribution is 0.0725. The fourth-order valence-electron chi connectivity index (χ4n) is 11.4. The van der Waals surface area contributed by atoms with Crippen LogP contribution in [0.3, 0.4) is 0 Å². The van der Waals surface area contributed by atoms with Crippen molar-refractivity contribution in [1.82, 2.24) is 9.55 Å². The van der Waals surface area contributed by atoms with Gasteiger partial charge >= 0.3 is 23.9 Å². The highest BCUT2D eigenvalue weighted by atomic mass is 16.5. The molecule has 0 fully saturated rings. The number of aliphatic imine (C=N–C) groups is 2. The highest BCUT2D eigenvalue weighted by Crippen LogP contribution is 2.50. The molecule has 1 aliphatic rings. The van der Waals surface area contributed by atoms with Crippen LogP contribution in [0.25, 0.3) is 56.2 Å². The molecule has 12 aromatic carbocycles. The molecule has 0 radical (unpaired) electrons. The monoisotopic (exact) mass is 1220 g/mol. The largest absolute Gasteiger partial charge is 0.423 e. The molecule has 2 heterocycles. The van der Waals surface area contributed by atoms with Crippen molar-refractivity contribution < 1.29 is 38.1 Å². The Morgan fingerprint density at radius 1 is 0.277 bits per heavy atom. The average Bonchev–Trinajstić information content (AvgIpc) is 1.53. The molecule has 0 unspecified atom stereocenters. The first-order chi connectivity index (χ1) is 46.2. The summed E-state index contributed by atoms with van der Waals surface area (Å²) in [5.74, 6) is -2.06. The number of carbonyl (C=O) groups excluding carboxylic acids is 4. The molecular weight excluding hydrogens is 1170 g/mol. The minimum Gasteiger partial charge on any atom is -0.423 e. The van der Waals surface area contributed by atoms with Crippen LogP contribution in [0.5, 0.6) is 23.0 Å². The van der Waals surface area contributed by atoms with Crippen molar-refractivity contribution in [2.45, 2.75) is 5.79 Å². The number of nitrogens with zero attached hydrogens (tertiary/aromatic N) is 4. The Balaban J connectivity index is 1.06. The van der Waals surface area contributed by atoms with Gasteiger partial charge in [-0.3, -0.25) is 4.57 Å². The first-order valence-electron chi connectivity index (χ1n) is 30.4. The summed E-state index contributed by atoms with van der Waals surface area (Å²) in [5, 5.41) is 0. The summed E-state index contributed by atoms with van der Waals surface area (Å²) in [6.07, 6.45) is 0. The van der Waals surface area contributed by atoms with Crippen molar-refractivity contribution in [3.8, 4) is 79.2 Å². The third-order valence-corrected chi connectivity index (χ3v) is 16.0. The van der Waals surface area contributed by atoms with Crippen LogP contribution in [-0.4, -0.2) is 44.9 Å². The molecule has 0 saturated carbocycles. The number of hydrogen-bond acceptors (Lipinski definition) is 11. The Morgan fingerprint density at radius 3 is 0.957 bits per heavy atom. The van der Waals surface area contributed by atoms with E-state index in [4.69, 9.17) is 33.9 Å². The highest BCUT2D eigenvalue weighted by Gasteiger charge is 2.47. The predicted molar refractivity (Wildman–Crippen MR) is 364 cm³/mol. The molecule has 450 valence electrons. The van der Waals surface area contributed by atoms with Gasteiger partial charge in [-0.1, -0.05) is 231 Å². The van der Waals surface area contributed by atoms with Crippen LogP contribution in [0.1, 0.15) is 58.1 Å². The Hall–Kier alpha value is -12.9. The number of rotatable bonds is 17. The van der Waals surface area contributed by atoms with E-state index in [0.717, 1.165) is 22.3 Å². The maximum Gasteiger partial charge on any atom is 0.343 e. The quantitative estimate of drug-likeness (QED) is 0.0642. The SMILES string of the molecule is O=C(Oc1ccccc1)c1ccc(C2=NC(c3ccccc3-c3ccccc3)(n3c(-c4ccccc4-c4ccccc4)nc(-c4ccc(C(=O)Oc5ccccc5)cc4)c3-c3ccc(C(=O)Oc4ccccc4)cc3)N=C2c2ccc(C(=O)Oc3ccccc3)cc2)cc1. The summed E-state index contributed by atoms with van der Waals surface area (Å²) in [6.45, 7) is 0. The topological polar surface area (TPSA) is 148 Å². The zero-order chi connectivity index (χ0) is 63.8. The molecule has 0 saturated heterocycles. The Bertz CT molecular complexity index is 4850. The van der Waals surface area contributed by atoms with Crippen LogP contribution >= 0.6 is 0 Å². The van der Waals surface area contributed by atoms with E-state index in [1.165, 1.54) is 0 Å². The van der Waals surface area contributed by atoms with E-state index in [-0.39, 0.29) is 5.56 Å². The molecule has 0 N–H and O–H groups in total. The average molecular weight is 1220 g/mol. The third-order valence-electron chi connectivity index (χ3n) is 16.0. The van der Waals surface area contributed by atoms with Crippen LogP contribution in [0, 0.1) is 0 Å². The number of esters is 4. The van der Waals surface area contributed by atoms with Crippen LogP contribution in [0.2, 0.25) is 0 Å². The zero-order valence-corrected chi connectivity index (χ0v) is 50.2. The summed E-state index contributed by atoms with van der Waals surface area (Å²) < 4.78 is 25.4. The lowest BCUT2D eigenvalue weighted by Gasteiger charge is -2.32. The van der Waals surface area contributed by atoms with E-state index < -0.39 is 29.7 Å². The molecule has 94 heavy (non-hydrogen) atoms. The number of imidazole rings is 1. The predicted octanol–water partition coefficient (Wildman–Crippen LogP) is 17.7. The molecule has 0 atom stereocenters. The molecule has 14 rings (SSSR count). The van der Waals surface area contributed by atoms with Gasteiger partial charge in [0.1, 0.15) is 28.8 Å². The third kappa shape index (κ3) is 12.2. The molecule has 0 spiro atoms. The van der Waals surface area contributed by atoms with E-state index >= 15 is 0 Å². The van der Waals surface area contributed by atoms with Crippen LogP contribution in [0.4, 0.5) is 0 Å². The summed E-state index contributed by atoms with van der Waals surface area (Å²) in [6, 6.07) is 100. The van der Waals surface area contributed by atoms with Gasteiger partial charge in [0.15, 0.2) is 0 Å². The van der Waals surface area contributed by atoms with E-state index in [0.29, 0.717) is 102 Å². The smallest absolute Gasteiger partial charge is 0.343 e. The van der Waals surface area contributed by atoms with Gasteiger partial charge in [-0.2, -0.15) is 0 Å². The number of hydrogen-bond donors (Lipinski definition) is 0. The Labute approximate surface area is 541 Å². The van der Waals surface area contributed by atoms with Crippen molar-refractivity contribution in [2.75, 3.05) is 0 Å². The van der Waals surface area contributed by atoms with Gasteiger partial charge in [-0.15, -0.1) is 0 Å². The van der Waals surface area contributed by atoms with Gasteiger partial charge in [0.05, 0.1) is 45.1 Å². The Morgan fingerprint density at radius 2 is 0.574 bits per heavy atom. The van der Waals surface area contributed by atoms with Crippen LogP contribution in [-0.2, 0) is 5.79 Å². The van der Waals surface area contributed by atoms with Gasteiger partial charge in [0.2, 0.25) is 0 Å². The lowest BCUT2D eigenvalue weighted by atomic mass is 9.93. The normalized spacial score (nSPS) is 12.2. The highest BCUT2D eigenvalue weighted by molar-refractivity contribution is 6.54. The van der Waals surface area contributed by atoms with Crippen molar-refractivity contribution in [3.63, 3.8) is 0 Å². The van der Waals surface area contributed by atoms with Gasteiger partial charge in [0, 0.05) is 33.4 Å². The number of benzene rings is 12. The zero-order valence-electron chi connectivity index (χ0n) is 50.2. The summed E-state index contributed by atoms with van der Waals surface area (Å²) in [4.78, 5) is 73.7. The second-order valence-electron chi connectivity index (χ2n) is 22.0. The first kappa shape index (κ1) is 58.7. The van der Waals surface area contributed by atoms with Gasteiger partial charge in [0.25, 0.3) is 5.79 Å². The number of para-hydroxylation sites is 4. The summed E-state index contributed by atoms with van der Waals surface area (Å²) in [7, 11) is 0. The molecule has 12 heteroatoms. The molecule has 13 aromatic rings. The van der Waals surface area contributed by atoms with Crippen LogP contribution in [0.15, 0.2) is 338 Å². The first-order valence-corrected chi connectivity index (χ1v) is 30.4. The van der Waals surface area contributed by atoms with Crippen molar-refractivity contribution in [2.24, 2.45) is 9.98 Å². The molecule has 1 aliphatic heterocycles. The van der Waals surface area contributed by atoms with Crippen molar-refractivity contribution in [1.29, 1.82) is 0 Å². The van der Waals surface area contributed by atoms with Gasteiger partial charge in [-0.25, -0.2) is 34.1 Å². The van der Waals surface area contributed by atoms with E-state index in [1.807, 2.05) is 164 Å². The fourth-order valence-corrected chi connectivity index (χ4v) is 11.4. The van der Waals surface area contributed by atoms with E-state index in [2.05, 4.69) is 22.8 Å². The summed E-state index contributed by atoms with van der Waals surface area (Å²) in [5.41, 5.74) is 10.2. The number of carbonyl (C=O) groups is 4. The molecule has 0 amide bonds. The maximum absolute atomic E-state index is 14.1. The van der Waals surface area contributed by atoms with Crippen molar-refractivity contribution >= 4 is 35.3 Å². The second-order valence-corrected chi connectivity index (χ2v) is 22.0. The molecule has 1 aromatic heterocycles. The van der Waals surface area contributed by atoms with Gasteiger partial charge < -0.3 is 18.9 Å². The second kappa shape index (κ2) is 26.3. The lowest BCUT2D eigenvalue weighted by Crippen LogP contribution is -2.32. The fraction of sp³-hybridized carbons (Fsp3) is 0.0122. The standard InChI is InChI=1S/C82H54N4O8/c87-78(91-65-27-11-3-12-28-65)61-47-39-57(40-48-61)73-74(58-41-49-62(50-42-58)79(88)92-66-29-13-4-14-30-66)85-82(84-73,72-38-22-21-36-70(72)56-25-9-2-10-26-56)86-76(60-45-53-64(54-46-60)81(90)94-68-33-17-6-18-34-68)75(59-43-51-63(52-44-59)80(89)93-67-31-15-5-16-32-67)83-77(86)71-37-20-19-35-69(71)55-23-7-1-8-24-55/h1-54H. The van der Waals surface area contributed by atoms with Gasteiger partial charge in [-0.05, 0) is 119 Å². The van der Waals surface area contributed by atoms with Crippen molar-refractivity contribution in [3.05, 3.63) is 367 Å². The summed E-state index contributed by atoms with van der Waals surface area (Å²) >= 11 is 0. The molecule has 0 bridgehead atoms. The number of aromatic nitrogens is 2. The molecule has 0 aliphatic carbocycles. The minimum absolute atomic E-state index is 0.286. The maximum atomic E-state index is 14.1. The van der Waals surface area contributed by atoms with E-state index in [1.54, 1.807) is 146 Å². The minimum atomic E-state index is -1.86.